The summed E-state index contributed by atoms with van der Waals surface area (Å²) >= 11 is 10.4. The zero-order valence-corrected chi connectivity index (χ0v) is 22.7. The Morgan fingerprint density at radius 1 is 0.971 bits per heavy atom. The van der Waals surface area contributed by atoms with Crippen molar-refractivity contribution >= 4 is 77.0 Å². The van der Waals surface area contributed by atoms with Crippen molar-refractivity contribution in [3.8, 4) is 0 Å². The molecule has 0 radical (unpaired) electrons. The van der Waals surface area contributed by atoms with Crippen LogP contribution < -0.4 is 0 Å². The Balaban J connectivity index is 1.72. The molecule has 182 valence electrons. The van der Waals surface area contributed by atoms with Crippen LogP contribution in [0.3, 0.4) is 0 Å². The number of hydrogen-bond acceptors (Lipinski definition) is 6. The molecular weight excluding hydrogens is 654 g/mol. The topological polar surface area (TPSA) is 118 Å². The first-order chi connectivity index (χ1) is 16.6. The van der Waals surface area contributed by atoms with Gasteiger partial charge in [-0.1, -0.05) is 66.0 Å². The molecule has 0 bridgehead atoms. The lowest BCUT2D eigenvalue weighted by molar-refractivity contribution is -0.384. The van der Waals surface area contributed by atoms with Crippen LogP contribution in [0.15, 0.2) is 53.0 Å². The lowest BCUT2D eigenvalue weighted by atomic mass is 9.81. The fourth-order valence-electron chi connectivity index (χ4n) is 4.31. The van der Waals surface area contributed by atoms with Gasteiger partial charge in [0, 0.05) is 37.4 Å². The number of nitrogens with zero attached hydrogens (tertiary/aromatic N) is 3. The van der Waals surface area contributed by atoms with Crippen molar-refractivity contribution in [1.29, 1.82) is 0 Å². The van der Waals surface area contributed by atoms with Gasteiger partial charge >= 0.3 is 0 Å². The number of hydrazine groups is 1. The van der Waals surface area contributed by atoms with Crippen LogP contribution in [-0.4, -0.2) is 54.6 Å². The molecule has 2 aromatic rings. The number of nitro benzene ring substituents is 1. The maximum atomic E-state index is 13.5. The molecule has 0 N–H and O–H groups in total. The summed E-state index contributed by atoms with van der Waals surface area (Å²) in [5, 5.41) is 12.8. The molecule has 1 aliphatic heterocycles. The molecule has 2 aliphatic rings. The molecule has 1 aliphatic carbocycles. The van der Waals surface area contributed by atoms with Crippen LogP contribution in [0.25, 0.3) is 0 Å². The van der Waals surface area contributed by atoms with Crippen molar-refractivity contribution in [2.75, 3.05) is 6.54 Å². The lowest BCUT2D eigenvalue weighted by Crippen LogP contribution is -2.52. The molecule has 0 unspecified atom stereocenters. The molecule has 12 heteroatoms. The Bertz CT molecular complexity index is 1190. The third-order valence-electron chi connectivity index (χ3n) is 6.13. The summed E-state index contributed by atoms with van der Waals surface area (Å²) < 4.78 is 0.751. The number of alkyl halides is 2. The van der Waals surface area contributed by atoms with Gasteiger partial charge in [-0.2, -0.15) is 5.01 Å². The third-order valence-corrected chi connectivity index (χ3v) is 9.39. The summed E-state index contributed by atoms with van der Waals surface area (Å²) in [4.78, 5) is 63.8. The number of nitro groups is 1. The molecule has 1 saturated heterocycles. The van der Waals surface area contributed by atoms with Crippen molar-refractivity contribution in [2.45, 2.75) is 22.5 Å². The smallest absolute Gasteiger partial charge is 0.273 e. The predicted octanol–water partition coefficient (Wildman–Crippen LogP) is 4.52. The zero-order valence-electron chi connectivity index (χ0n) is 18.0. The monoisotopic (exact) mass is 669 g/mol. The Morgan fingerprint density at radius 2 is 1.54 bits per heavy atom. The normalized spacial score (nSPS) is 23.7. The molecule has 35 heavy (non-hydrogen) atoms. The quantitative estimate of drug-likeness (QED) is 0.147. The minimum Gasteiger partial charge on any atom is -0.292 e. The van der Waals surface area contributed by atoms with E-state index in [1.807, 2.05) is 0 Å². The van der Waals surface area contributed by atoms with Crippen LogP contribution in [0.2, 0.25) is 0 Å². The molecule has 1 saturated carbocycles. The maximum Gasteiger partial charge on any atom is 0.273 e. The van der Waals surface area contributed by atoms with Crippen LogP contribution in [0, 0.1) is 22.0 Å². The van der Waals surface area contributed by atoms with Gasteiger partial charge in [0.2, 0.25) is 0 Å². The van der Waals surface area contributed by atoms with E-state index in [-0.39, 0.29) is 26.5 Å². The summed E-state index contributed by atoms with van der Waals surface area (Å²) in [5.41, 5.74) is -0.162. The number of non-ortho nitro benzene ring substituents is 1. The van der Waals surface area contributed by atoms with Crippen molar-refractivity contribution in [3.05, 3.63) is 74.2 Å². The fraction of sp³-hybridized carbons (Fsp3) is 0.304. The van der Waals surface area contributed by atoms with Crippen molar-refractivity contribution < 1.29 is 24.1 Å². The Morgan fingerprint density at radius 3 is 2.09 bits per heavy atom. The molecule has 1 heterocycles. The van der Waals surface area contributed by atoms with E-state index in [1.165, 1.54) is 18.2 Å². The summed E-state index contributed by atoms with van der Waals surface area (Å²) in [6.07, 6.45) is 0.780. The number of ketones is 1. The van der Waals surface area contributed by atoms with Gasteiger partial charge in [0.15, 0.2) is 5.78 Å². The van der Waals surface area contributed by atoms with Gasteiger partial charge in [0.1, 0.15) is 6.54 Å². The zero-order chi connectivity index (χ0) is 25.4. The minimum absolute atomic E-state index is 0.0363. The SMILES string of the molecule is O=C(CN(C(=O)c1cccc([N+](=O)[O-])c1)N1C(=O)[C@H]2C[C@@H](Br)[C@@H](Br)C[C@H]2C1=O)c1ccc(Br)cc1. The number of hydrogen-bond donors (Lipinski definition) is 0. The molecular formula is C23H18Br3N3O6. The van der Waals surface area contributed by atoms with E-state index in [4.69, 9.17) is 0 Å². The average Bonchev–Trinajstić information content (AvgIpc) is 3.06. The van der Waals surface area contributed by atoms with E-state index in [2.05, 4.69) is 47.8 Å². The Hall–Kier alpha value is -2.44. The van der Waals surface area contributed by atoms with Crippen LogP contribution in [0.5, 0.6) is 0 Å². The second-order valence-corrected chi connectivity index (χ2v) is 11.6. The number of carbonyl (C=O) groups excluding carboxylic acids is 4. The Kier molecular flexibility index (Phi) is 7.53. The van der Waals surface area contributed by atoms with Crippen LogP contribution in [-0.2, 0) is 9.59 Å². The predicted molar refractivity (Wildman–Crippen MR) is 136 cm³/mol. The van der Waals surface area contributed by atoms with Gasteiger partial charge < -0.3 is 0 Å². The van der Waals surface area contributed by atoms with Crippen molar-refractivity contribution in [3.63, 3.8) is 0 Å². The molecule has 3 amide bonds. The molecule has 4 atom stereocenters. The van der Waals surface area contributed by atoms with Crippen LogP contribution in [0.1, 0.15) is 33.6 Å². The number of amides is 3. The van der Waals surface area contributed by atoms with Crippen molar-refractivity contribution in [2.24, 2.45) is 11.8 Å². The van der Waals surface area contributed by atoms with Gasteiger partial charge in [0.25, 0.3) is 23.4 Å². The third kappa shape index (κ3) is 5.10. The number of Topliss-reactive ketones (excluding diaryl/α,β-unsaturated/α-hetero) is 1. The maximum absolute atomic E-state index is 13.5. The highest BCUT2D eigenvalue weighted by Gasteiger charge is 2.54. The van der Waals surface area contributed by atoms with E-state index >= 15 is 0 Å². The highest BCUT2D eigenvalue weighted by Crippen LogP contribution is 2.43. The number of fused-ring (bicyclic) bond motifs is 1. The van der Waals surface area contributed by atoms with E-state index in [0.29, 0.717) is 12.8 Å². The number of benzene rings is 2. The van der Waals surface area contributed by atoms with E-state index in [9.17, 15) is 29.3 Å². The van der Waals surface area contributed by atoms with Gasteiger partial charge in [-0.05, 0) is 31.0 Å². The molecule has 4 rings (SSSR count). The van der Waals surface area contributed by atoms with Gasteiger partial charge in [-0.15, -0.1) is 0 Å². The first-order valence-corrected chi connectivity index (χ1v) is 13.2. The summed E-state index contributed by atoms with van der Waals surface area (Å²) in [6.45, 7) is -0.588. The molecule has 9 nitrogen and oxygen atoms in total. The number of imide groups is 1. The number of rotatable bonds is 6. The van der Waals surface area contributed by atoms with Gasteiger partial charge in [-0.25, -0.2) is 5.01 Å². The van der Waals surface area contributed by atoms with Gasteiger partial charge in [0.05, 0.1) is 16.8 Å². The van der Waals surface area contributed by atoms with Crippen LogP contribution >= 0.6 is 47.8 Å². The summed E-state index contributed by atoms with van der Waals surface area (Å²) in [7, 11) is 0. The minimum atomic E-state index is -0.856. The summed E-state index contributed by atoms with van der Waals surface area (Å²) in [6, 6.07) is 11.4. The largest absolute Gasteiger partial charge is 0.292 e. The second kappa shape index (κ2) is 10.3. The van der Waals surface area contributed by atoms with Crippen molar-refractivity contribution in [1.82, 2.24) is 10.0 Å². The highest BCUT2D eigenvalue weighted by atomic mass is 79.9. The first kappa shape index (κ1) is 25.6. The standard InChI is InChI=1S/C23H18Br3N3O6/c24-14-6-4-12(5-7-14)20(30)11-27(21(31)13-2-1-3-15(8-13)29(34)35)28-22(32)16-9-18(25)19(26)10-17(16)23(28)33/h1-8,16-19H,9-11H2/t16-,17+,18+,19-. The number of halogens is 3. The highest BCUT2D eigenvalue weighted by molar-refractivity contribution is 9.12. The lowest BCUT2D eigenvalue weighted by Gasteiger charge is -2.30. The molecule has 2 aromatic carbocycles. The summed E-state index contributed by atoms with van der Waals surface area (Å²) in [5.74, 6) is -3.75. The van der Waals surface area contributed by atoms with Gasteiger partial charge in [-0.3, -0.25) is 29.3 Å². The molecule has 0 spiro atoms. The fourth-order valence-corrected chi connectivity index (χ4v) is 5.81. The van der Waals surface area contributed by atoms with E-state index in [1.54, 1.807) is 24.3 Å². The first-order valence-electron chi connectivity index (χ1n) is 10.6. The number of carbonyl (C=O) groups is 4. The Labute approximate surface area is 225 Å². The second-order valence-electron chi connectivity index (χ2n) is 8.30. The molecule has 2 fully saturated rings. The van der Waals surface area contributed by atoms with E-state index < -0.39 is 46.8 Å². The average molecular weight is 672 g/mol. The molecule has 0 aromatic heterocycles. The van der Waals surface area contributed by atoms with Crippen LogP contribution in [0.4, 0.5) is 5.69 Å². The van der Waals surface area contributed by atoms with E-state index in [0.717, 1.165) is 20.6 Å².